The molecule has 1 aromatic rings. The topological polar surface area (TPSA) is 21.3 Å². The molecule has 0 aromatic heterocycles. The highest BCUT2D eigenvalue weighted by atomic mass is 35.5. The normalized spacial score (nSPS) is 15.4. The average Bonchev–Trinajstić information content (AvgIpc) is 3.12. The zero-order valence-electron chi connectivity index (χ0n) is 9.46. The quantitative estimate of drug-likeness (QED) is 0.852. The first-order chi connectivity index (χ1) is 8.31. The van der Waals surface area contributed by atoms with E-state index in [1.807, 2.05) is 18.2 Å². The van der Waals surface area contributed by atoms with Crippen molar-refractivity contribution in [2.24, 2.45) is 0 Å². The van der Waals surface area contributed by atoms with Gasteiger partial charge in [0.1, 0.15) is 12.4 Å². The summed E-state index contributed by atoms with van der Waals surface area (Å²) in [5.41, 5.74) is 2.47. The molecule has 0 saturated heterocycles. The van der Waals surface area contributed by atoms with Crippen molar-refractivity contribution < 1.29 is 4.74 Å². The Hall–Kier alpha value is -0.700. The maximum atomic E-state index is 6.18. The van der Waals surface area contributed by atoms with Crippen molar-refractivity contribution in [1.29, 1.82) is 0 Å². The van der Waals surface area contributed by atoms with Crippen LogP contribution in [0.2, 0.25) is 5.02 Å². The van der Waals surface area contributed by atoms with Gasteiger partial charge in [0.2, 0.25) is 0 Å². The van der Waals surface area contributed by atoms with Crippen molar-refractivity contribution >= 4 is 23.2 Å². The van der Waals surface area contributed by atoms with Crippen LogP contribution in [0.25, 0.3) is 0 Å². The number of benzene rings is 1. The van der Waals surface area contributed by atoms with Crippen LogP contribution in [0.5, 0.6) is 5.75 Å². The predicted molar refractivity (Wildman–Crippen MR) is 71.8 cm³/mol. The average molecular weight is 272 g/mol. The number of nitrogens with one attached hydrogen (secondary N) is 1. The molecule has 0 bridgehead atoms. The number of halogens is 2. The molecule has 92 valence electrons. The first-order valence-electron chi connectivity index (χ1n) is 5.70. The van der Waals surface area contributed by atoms with E-state index < -0.39 is 0 Å². The minimum Gasteiger partial charge on any atom is -0.489 e. The summed E-state index contributed by atoms with van der Waals surface area (Å²) in [6, 6.07) is 6.36. The van der Waals surface area contributed by atoms with Gasteiger partial charge in [-0.1, -0.05) is 29.3 Å². The lowest BCUT2D eigenvalue weighted by Crippen LogP contribution is -2.16. The van der Waals surface area contributed by atoms with Crippen LogP contribution in [0.1, 0.15) is 18.4 Å². The van der Waals surface area contributed by atoms with Crippen LogP contribution >= 0.6 is 23.2 Å². The van der Waals surface area contributed by atoms with Gasteiger partial charge in [0.25, 0.3) is 0 Å². The van der Waals surface area contributed by atoms with Gasteiger partial charge in [-0.3, -0.25) is 0 Å². The molecule has 0 unspecified atom stereocenters. The molecule has 0 atom stereocenters. The lowest BCUT2D eigenvalue weighted by molar-refractivity contribution is 0.357. The van der Waals surface area contributed by atoms with Crippen LogP contribution in [-0.4, -0.2) is 12.6 Å². The van der Waals surface area contributed by atoms with Crippen LogP contribution in [0.3, 0.4) is 0 Å². The molecular formula is C13H15Cl2NO. The third kappa shape index (κ3) is 3.91. The molecule has 2 nitrogen and oxygen atoms in total. The van der Waals surface area contributed by atoms with Crippen molar-refractivity contribution in [1.82, 2.24) is 5.32 Å². The second-order valence-electron chi connectivity index (χ2n) is 4.04. The van der Waals surface area contributed by atoms with Crippen molar-refractivity contribution in [2.75, 3.05) is 6.61 Å². The molecule has 1 N–H and O–H groups in total. The van der Waals surface area contributed by atoms with Gasteiger partial charge >= 0.3 is 0 Å². The van der Waals surface area contributed by atoms with E-state index in [1.165, 1.54) is 18.4 Å². The Labute approximate surface area is 112 Å². The summed E-state index contributed by atoms with van der Waals surface area (Å²) < 4.78 is 5.62. The molecule has 1 aliphatic carbocycles. The van der Waals surface area contributed by atoms with E-state index in [-0.39, 0.29) is 0 Å². The van der Waals surface area contributed by atoms with Crippen molar-refractivity contribution in [2.45, 2.75) is 25.4 Å². The molecule has 1 aromatic carbocycles. The van der Waals surface area contributed by atoms with Crippen LogP contribution in [-0.2, 0) is 6.54 Å². The number of ether oxygens (including phenoxy) is 1. The molecule has 17 heavy (non-hydrogen) atoms. The van der Waals surface area contributed by atoms with Gasteiger partial charge < -0.3 is 10.1 Å². The van der Waals surface area contributed by atoms with E-state index in [0.29, 0.717) is 12.6 Å². The Morgan fingerprint density at radius 1 is 1.41 bits per heavy atom. The molecule has 1 aliphatic rings. The molecule has 0 heterocycles. The maximum Gasteiger partial charge on any atom is 0.125 e. The SMILES string of the molecule is Cl/C=C/COc1cccc(Cl)c1CNC1CC1. The van der Waals surface area contributed by atoms with Gasteiger partial charge in [0.15, 0.2) is 0 Å². The highest BCUT2D eigenvalue weighted by Crippen LogP contribution is 2.28. The minimum absolute atomic E-state index is 0.459. The standard InChI is InChI=1S/C13H15Cl2NO/c14-7-2-8-17-13-4-1-3-12(15)11(13)9-16-10-5-6-10/h1-4,7,10,16H,5-6,8-9H2/b7-2+. The second-order valence-corrected chi connectivity index (χ2v) is 4.70. The molecule has 1 saturated carbocycles. The summed E-state index contributed by atoms with van der Waals surface area (Å²) in [6.07, 6.45) is 4.27. The summed E-state index contributed by atoms with van der Waals surface area (Å²) in [4.78, 5) is 0. The number of hydrogen-bond donors (Lipinski definition) is 1. The Morgan fingerprint density at radius 3 is 2.94 bits per heavy atom. The van der Waals surface area contributed by atoms with Crippen molar-refractivity contribution in [3.05, 3.63) is 40.4 Å². The van der Waals surface area contributed by atoms with E-state index in [0.717, 1.165) is 22.9 Å². The second kappa shape index (κ2) is 6.29. The van der Waals surface area contributed by atoms with Crippen LogP contribution in [0, 0.1) is 0 Å². The van der Waals surface area contributed by atoms with E-state index in [1.54, 1.807) is 6.08 Å². The molecule has 1 fully saturated rings. The Kier molecular flexibility index (Phi) is 4.72. The molecule has 0 spiro atoms. The first-order valence-corrected chi connectivity index (χ1v) is 6.51. The van der Waals surface area contributed by atoms with Gasteiger partial charge in [-0.05, 0) is 31.1 Å². The largest absolute Gasteiger partial charge is 0.489 e. The van der Waals surface area contributed by atoms with Gasteiger partial charge in [-0.25, -0.2) is 0 Å². The lowest BCUT2D eigenvalue weighted by atomic mass is 10.2. The third-order valence-corrected chi connectivity index (χ3v) is 3.18. The highest BCUT2D eigenvalue weighted by molar-refractivity contribution is 6.31. The molecule has 2 rings (SSSR count). The first kappa shape index (κ1) is 12.7. The van der Waals surface area contributed by atoms with E-state index in [2.05, 4.69) is 5.32 Å². The number of rotatable bonds is 6. The van der Waals surface area contributed by atoms with Crippen LogP contribution in [0.4, 0.5) is 0 Å². The third-order valence-electron chi connectivity index (χ3n) is 2.64. The van der Waals surface area contributed by atoms with Crippen LogP contribution in [0.15, 0.2) is 29.8 Å². The van der Waals surface area contributed by atoms with E-state index in [4.69, 9.17) is 27.9 Å². The summed E-state index contributed by atoms with van der Waals surface area (Å²) in [5.74, 6) is 0.820. The molecule has 4 heteroatoms. The fourth-order valence-corrected chi connectivity index (χ4v) is 1.86. The van der Waals surface area contributed by atoms with Crippen molar-refractivity contribution in [3.8, 4) is 5.75 Å². The van der Waals surface area contributed by atoms with Gasteiger partial charge in [-0.15, -0.1) is 0 Å². The van der Waals surface area contributed by atoms with E-state index >= 15 is 0 Å². The molecule has 0 radical (unpaired) electrons. The Bertz CT molecular complexity index is 402. The summed E-state index contributed by atoms with van der Waals surface area (Å²) >= 11 is 11.6. The number of hydrogen-bond acceptors (Lipinski definition) is 2. The molecular weight excluding hydrogens is 257 g/mol. The zero-order chi connectivity index (χ0) is 12.1. The van der Waals surface area contributed by atoms with Gasteiger partial charge in [0, 0.05) is 28.7 Å². The molecule has 0 aliphatic heterocycles. The monoisotopic (exact) mass is 271 g/mol. The van der Waals surface area contributed by atoms with E-state index in [9.17, 15) is 0 Å². The van der Waals surface area contributed by atoms with Crippen molar-refractivity contribution in [3.63, 3.8) is 0 Å². The fraction of sp³-hybridized carbons (Fsp3) is 0.385. The summed E-state index contributed by atoms with van der Waals surface area (Å²) in [5, 5.41) is 4.18. The highest BCUT2D eigenvalue weighted by Gasteiger charge is 2.21. The van der Waals surface area contributed by atoms with Gasteiger partial charge in [-0.2, -0.15) is 0 Å². The Morgan fingerprint density at radius 2 is 2.24 bits per heavy atom. The zero-order valence-corrected chi connectivity index (χ0v) is 11.0. The van der Waals surface area contributed by atoms with Gasteiger partial charge in [0.05, 0.1) is 0 Å². The van der Waals surface area contributed by atoms with Crippen LogP contribution < -0.4 is 10.1 Å². The predicted octanol–water partition coefficient (Wildman–Crippen LogP) is 3.72. The molecule has 0 amide bonds. The lowest BCUT2D eigenvalue weighted by Gasteiger charge is -2.12. The smallest absolute Gasteiger partial charge is 0.125 e. The minimum atomic E-state index is 0.459. The maximum absolute atomic E-state index is 6.18. The fourth-order valence-electron chi connectivity index (χ4n) is 1.55. The Balaban J connectivity index is 2.02. The summed E-state index contributed by atoms with van der Waals surface area (Å²) in [7, 11) is 0. The summed E-state index contributed by atoms with van der Waals surface area (Å²) in [6.45, 7) is 1.21.